The molecule has 0 aromatic heterocycles. The molecule has 5 heteroatoms. The van der Waals surface area contributed by atoms with Crippen molar-refractivity contribution in [3.63, 3.8) is 0 Å². The highest BCUT2D eigenvalue weighted by molar-refractivity contribution is 6.11. The molecule has 0 spiro atoms. The predicted molar refractivity (Wildman–Crippen MR) is 153 cm³/mol. The van der Waals surface area contributed by atoms with E-state index in [4.69, 9.17) is 4.74 Å². The van der Waals surface area contributed by atoms with E-state index in [1.165, 1.54) is 12.1 Å². The van der Waals surface area contributed by atoms with E-state index >= 15 is 0 Å². The van der Waals surface area contributed by atoms with Crippen LogP contribution in [0.4, 0.5) is 10.1 Å². The van der Waals surface area contributed by atoms with Crippen LogP contribution < -0.4 is 10.1 Å². The first-order valence-electron chi connectivity index (χ1n) is 12.5. The number of nitrogens with one attached hydrogen (secondary N) is 1. The van der Waals surface area contributed by atoms with E-state index in [1.807, 2.05) is 78.9 Å². The van der Waals surface area contributed by atoms with Crippen LogP contribution in [0.25, 0.3) is 16.8 Å². The highest BCUT2D eigenvalue weighted by atomic mass is 19.1. The third-order valence-corrected chi connectivity index (χ3v) is 6.36. The minimum absolute atomic E-state index is 0.0313. The van der Waals surface area contributed by atoms with E-state index in [0.717, 1.165) is 33.0 Å². The Labute approximate surface area is 226 Å². The molecule has 0 unspecified atom stereocenters. The standard InChI is InChI=1S/C34H25FN2O2/c35-29-11-6-9-25(20-29)19-27-14-13-26-10-4-5-12-32(26)33(27)21-28(22-36)34(38)37-30-15-17-31(18-16-30)39-23-24-7-2-1-3-8-24/h1-18,20-21H,19,23H2,(H,37,38)/b28-21+. The minimum Gasteiger partial charge on any atom is -0.489 e. The second-order valence-electron chi connectivity index (χ2n) is 9.09. The number of ether oxygens (including phenoxy) is 1. The van der Waals surface area contributed by atoms with E-state index in [2.05, 4.69) is 5.32 Å². The summed E-state index contributed by atoms with van der Waals surface area (Å²) in [6.45, 7) is 0.441. The lowest BCUT2D eigenvalue weighted by molar-refractivity contribution is -0.112. The maximum atomic E-state index is 13.8. The van der Waals surface area contributed by atoms with Crippen molar-refractivity contribution in [1.82, 2.24) is 0 Å². The van der Waals surface area contributed by atoms with Crippen molar-refractivity contribution in [3.8, 4) is 11.8 Å². The van der Waals surface area contributed by atoms with Gasteiger partial charge in [0.2, 0.25) is 0 Å². The number of carbonyl (C=O) groups is 1. The highest BCUT2D eigenvalue weighted by Gasteiger charge is 2.14. The van der Waals surface area contributed by atoms with Crippen LogP contribution in [0.2, 0.25) is 0 Å². The summed E-state index contributed by atoms with van der Waals surface area (Å²) in [7, 11) is 0. The molecule has 5 aromatic rings. The van der Waals surface area contributed by atoms with Gasteiger partial charge in [0.1, 0.15) is 29.8 Å². The first-order chi connectivity index (χ1) is 19.1. The molecule has 0 aliphatic heterocycles. The van der Waals surface area contributed by atoms with Crippen LogP contribution in [0.1, 0.15) is 22.3 Å². The lowest BCUT2D eigenvalue weighted by Crippen LogP contribution is -2.13. The SMILES string of the molecule is N#C/C(=C\c1c(Cc2cccc(F)c2)ccc2ccccc12)C(=O)Nc1ccc(OCc2ccccc2)cc1. The molecular weight excluding hydrogens is 487 g/mol. The normalized spacial score (nSPS) is 11.1. The van der Waals surface area contributed by atoms with Gasteiger partial charge in [-0.1, -0.05) is 78.9 Å². The molecule has 1 N–H and O–H groups in total. The quantitative estimate of drug-likeness (QED) is 0.171. The van der Waals surface area contributed by atoms with Crippen LogP contribution in [0.5, 0.6) is 5.75 Å². The summed E-state index contributed by atoms with van der Waals surface area (Å²) in [5.41, 5.74) is 4.03. The van der Waals surface area contributed by atoms with E-state index in [-0.39, 0.29) is 11.4 Å². The minimum atomic E-state index is -0.514. The molecule has 0 radical (unpaired) electrons. The van der Waals surface area contributed by atoms with E-state index in [0.29, 0.717) is 24.5 Å². The molecule has 5 rings (SSSR count). The largest absolute Gasteiger partial charge is 0.489 e. The van der Waals surface area contributed by atoms with Crippen molar-refractivity contribution in [2.24, 2.45) is 0 Å². The highest BCUT2D eigenvalue weighted by Crippen LogP contribution is 2.27. The molecule has 0 saturated carbocycles. The number of hydrogen-bond acceptors (Lipinski definition) is 3. The molecule has 1 amide bonds. The van der Waals surface area contributed by atoms with Crippen LogP contribution in [-0.2, 0) is 17.8 Å². The van der Waals surface area contributed by atoms with Gasteiger partial charge in [0.15, 0.2) is 0 Å². The van der Waals surface area contributed by atoms with Crippen molar-refractivity contribution >= 4 is 28.4 Å². The zero-order valence-corrected chi connectivity index (χ0v) is 21.1. The van der Waals surface area contributed by atoms with Gasteiger partial charge in [0.25, 0.3) is 5.91 Å². The summed E-state index contributed by atoms with van der Waals surface area (Å²) in [6, 6.07) is 37.1. The van der Waals surface area contributed by atoms with Gasteiger partial charge in [-0.3, -0.25) is 4.79 Å². The second-order valence-corrected chi connectivity index (χ2v) is 9.09. The number of amides is 1. The van der Waals surface area contributed by atoms with Gasteiger partial charge in [0.05, 0.1) is 0 Å². The molecule has 0 bridgehead atoms. The number of nitrogens with zero attached hydrogens (tertiary/aromatic N) is 1. The molecule has 190 valence electrons. The van der Waals surface area contributed by atoms with Gasteiger partial charge >= 0.3 is 0 Å². The average Bonchev–Trinajstić information content (AvgIpc) is 2.97. The van der Waals surface area contributed by atoms with Crippen LogP contribution >= 0.6 is 0 Å². The van der Waals surface area contributed by atoms with E-state index in [1.54, 1.807) is 36.4 Å². The predicted octanol–water partition coefficient (Wildman–Crippen LogP) is 7.69. The van der Waals surface area contributed by atoms with Gasteiger partial charge in [0, 0.05) is 5.69 Å². The zero-order valence-electron chi connectivity index (χ0n) is 21.1. The average molecular weight is 513 g/mol. The Morgan fingerprint density at radius 2 is 1.59 bits per heavy atom. The molecule has 4 nitrogen and oxygen atoms in total. The van der Waals surface area contributed by atoms with Crippen LogP contribution in [0.3, 0.4) is 0 Å². The third-order valence-electron chi connectivity index (χ3n) is 6.36. The number of nitriles is 1. The van der Waals surface area contributed by atoms with Crippen LogP contribution in [-0.4, -0.2) is 5.91 Å². The summed E-state index contributed by atoms with van der Waals surface area (Å²) < 4.78 is 19.6. The van der Waals surface area contributed by atoms with Gasteiger partial charge in [-0.25, -0.2) is 4.39 Å². The molecule has 0 atom stereocenters. The van der Waals surface area contributed by atoms with Crippen LogP contribution in [0, 0.1) is 17.1 Å². The molecule has 39 heavy (non-hydrogen) atoms. The van der Waals surface area contributed by atoms with Gasteiger partial charge in [-0.2, -0.15) is 5.26 Å². The van der Waals surface area contributed by atoms with Gasteiger partial charge in [-0.15, -0.1) is 0 Å². The Balaban J connectivity index is 1.38. The second kappa shape index (κ2) is 11.9. The molecular formula is C34H25FN2O2. The molecule has 0 aliphatic carbocycles. The van der Waals surface area contributed by atoms with Crippen molar-refractivity contribution in [2.45, 2.75) is 13.0 Å². The molecule has 5 aromatic carbocycles. The van der Waals surface area contributed by atoms with Crippen molar-refractivity contribution < 1.29 is 13.9 Å². The van der Waals surface area contributed by atoms with Gasteiger partial charge in [-0.05, 0) is 81.9 Å². The number of hydrogen-bond donors (Lipinski definition) is 1. The summed E-state index contributed by atoms with van der Waals surface area (Å²) in [4.78, 5) is 13.1. The topological polar surface area (TPSA) is 62.1 Å². The summed E-state index contributed by atoms with van der Waals surface area (Å²) in [5.74, 6) is -0.148. The van der Waals surface area contributed by atoms with E-state index < -0.39 is 5.91 Å². The molecule has 0 aliphatic rings. The fourth-order valence-corrected chi connectivity index (χ4v) is 4.40. The first-order valence-corrected chi connectivity index (χ1v) is 12.5. The Morgan fingerprint density at radius 1 is 0.846 bits per heavy atom. The monoisotopic (exact) mass is 512 g/mol. The Bertz CT molecular complexity index is 1690. The third kappa shape index (κ3) is 6.38. The number of benzene rings is 5. The summed E-state index contributed by atoms with van der Waals surface area (Å²) in [5, 5.41) is 14.6. The Morgan fingerprint density at radius 3 is 2.36 bits per heavy atom. The van der Waals surface area contributed by atoms with Gasteiger partial charge < -0.3 is 10.1 Å². The maximum Gasteiger partial charge on any atom is 0.266 e. The lowest BCUT2D eigenvalue weighted by atomic mass is 9.93. The Hall–Kier alpha value is -5.21. The van der Waals surface area contributed by atoms with E-state index in [9.17, 15) is 14.4 Å². The smallest absolute Gasteiger partial charge is 0.266 e. The summed E-state index contributed by atoms with van der Waals surface area (Å²) >= 11 is 0. The Kier molecular flexibility index (Phi) is 7.76. The number of anilines is 1. The van der Waals surface area contributed by atoms with Crippen LogP contribution in [0.15, 0.2) is 121 Å². The fraction of sp³-hybridized carbons (Fsp3) is 0.0588. The fourth-order valence-electron chi connectivity index (χ4n) is 4.40. The maximum absolute atomic E-state index is 13.8. The van der Waals surface area contributed by atoms with Crippen molar-refractivity contribution in [1.29, 1.82) is 5.26 Å². The number of fused-ring (bicyclic) bond motifs is 1. The molecule has 0 heterocycles. The lowest BCUT2D eigenvalue weighted by Gasteiger charge is -2.12. The molecule has 0 saturated heterocycles. The number of rotatable bonds is 8. The zero-order chi connectivity index (χ0) is 27.0. The van der Waals surface area contributed by atoms with Crippen molar-refractivity contribution in [3.05, 3.63) is 149 Å². The summed E-state index contributed by atoms with van der Waals surface area (Å²) in [6.07, 6.45) is 2.07. The molecule has 0 fully saturated rings. The number of carbonyl (C=O) groups excluding carboxylic acids is 1. The van der Waals surface area contributed by atoms with Crippen molar-refractivity contribution in [2.75, 3.05) is 5.32 Å². The first kappa shape index (κ1) is 25.4. The number of halogens is 1.